The van der Waals surface area contributed by atoms with Gasteiger partial charge in [0.15, 0.2) is 5.82 Å². The highest BCUT2D eigenvalue weighted by Gasteiger charge is 2.31. The maximum absolute atomic E-state index is 12.5. The molecular weight excluding hydrogens is 307 g/mol. The van der Waals surface area contributed by atoms with Crippen LogP contribution in [0.5, 0.6) is 0 Å². The number of hydrogen-bond donors (Lipinski definition) is 0. The molecule has 0 aliphatic heterocycles. The summed E-state index contributed by atoms with van der Waals surface area (Å²) in [6, 6.07) is 0. The maximum atomic E-state index is 12.5. The Hall–Kier alpha value is -2.22. The monoisotopic (exact) mass is 313 g/mol. The van der Waals surface area contributed by atoms with E-state index < -0.39 is 11.7 Å². The van der Waals surface area contributed by atoms with Gasteiger partial charge in [-0.1, -0.05) is 0 Å². The van der Waals surface area contributed by atoms with Gasteiger partial charge in [-0.2, -0.15) is 18.2 Å². The lowest BCUT2D eigenvalue weighted by Gasteiger charge is -2.05. The highest BCUT2D eigenvalue weighted by atomic mass is 35.5. The van der Waals surface area contributed by atoms with Crippen LogP contribution in [-0.2, 0) is 13.2 Å². The molecule has 3 heterocycles. The summed E-state index contributed by atoms with van der Waals surface area (Å²) in [7, 11) is 1.74. The van der Waals surface area contributed by atoms with Gasteiger partial charge in [0, 0.05) is 42.8 Å². The van der Waals surface area contributed by atoms with Crippen LogP contribution in [0, 0.1) is 0 Å². The lowest BCUT2D eigenvalue weighted by atomic mass is 10.2. The van der Waals surface area contributed by atoms with E-state index in [0.717, 1.165) is 12.4 Å². The molecule has 0 spiro atoms. The summed E-state index contributed by atoms with van der Waals surface area (Å²) in [5, 5.41) is 0.699. The molecule has 0 unspecified atom stereocenters. The van der Waals surface area contributed by atoms with E-state index in [-0.39, 0.29) is 11.1 Å². The molecule has 0 atom stereocenters. The van der Waals surface area contributed by atoms with E-state index in [1.807, 2.05) is 0 Å². The van der Waals surface area contributed by atoms with Crippen molar-refractivity contribution in [3.05, 3.63) is 35.6 Å². The largest absolute Gasteiger partial charge is 0.419 e. The molecule has 0 bridgehead atoms. The van der Waals surface area contributed by atoms with E-state index >= 15 is 0 Å². The third-order valence-corrected chi connectivity index (χ3v) is 3.09. The van der Waals surface area contributed by atoms with E-state index in [9.17, 15) is 13.2 Å². The van der Waals surface area contributed by atoms with Crippen molar-refractivity contribution in [3.8, 4) is 11.4 Å². The van der Waals surface area contributed by atoms with E-state index in [1.54, 1.807) is 17.8 Å². The highest BCUT2D eigenvalue weighted by molar-refractivity contribution is 6.28. The smallest absolute Gasteiger partial charge is 0.335 e. The zero-order valence-corrected chi connectivity index (χ0v) is 11.3. The molecule has 0 N–H and O–H groups in total. The molecule has 9 heteroatoms. The van der Waals surface area contributed by atoms with Crippen molar-refractivity contribution in [3.63, 3.8) is 0 Å². The van der Waals surface area contributed by atoms with Gasteiger partial charge in [-0.05, 0) is 11.6 Å². The zero-order valence-electron chi connectivity index (χ0n) is 10.6. The highest BCUT2D eigenvalue weighted by Crippen LogP contribution is 2.30. The lowest BCUT2D eigenvalue weighted by Crippen LogP contribution is -2.06. The summed E-state index contributed by atoms with van der Waals surface area (Å²) in [4.78, 5) is 15.5. The maximum Gasteiger partial charge on any atom is 0.419 e. The number of rotatable bonds is 1. The van der Waals surface area contributed by atoms with Gasteiger partial charge in [0.2, 0.25) is 5.28 Å². The van der Waals surface area contributed by atoms with Crippen LogP contribution in [0.4, 0.5) is 13.2 Å². The standard InChI is InChI=1S/C12H7ClF3N5/c1-21-5-8(7-4-19-11(13)20-10(7)21)9-17-2-6(3-18-9)12(14,15)16/h2-5H,1H3. The third-order valence-electron chi connectivity index (χ3n) is 2.91. The first-order chi connectivity index (χ1) is 9.86. The summed E-state index contributed by atoms with van der Waals surface area (Å²) in [5.74, 6) is 0.166. The fourth-order valence-electron chi connectivity index (χ4n) is 1.93. The summed E-state index contributed by atoms with van der Waals surface area (Å²) in [6.07, 6.45) is 0.184. The van der Waals surface area contributed by atoms with Gasteiger partial charge in [0.25, 0.3) is 0 Å². The predicted octanol–water partition coefficient (Wildman–Crippen LogP) is 3.10. The van der Waals surface area contributed by atoms with Crippen molar-refractivity contribution in [2.24, 2.45) is 7.05 Å². The molecular formula is C12H7ClF3N5. The van der Waals surface area contributed by atoms with Gasteiger partial charge < -0.3 is 4.57 Å². The summed E-state index contributed by atoms with van der Waals surface area (Å²) < 4.78 is 39.2. The van der Waals surface area contributed by atoms with Crippen LogP contribution in [0.25, 0.3) is 22.4 Å². The number of aryl methyl sites for hydroxylation is 1. The van der Waals surface area contributed by atoms with Crippen LogP contribution in [0.1, 0.15) is 5.56 Å². The summed E-state index contributed by atoms with van der Waals surface area (Å²) >= 11 is 5.73. The Morgan fingerprint density at radius 1 is 1.10 bits per heavy atom. The normalized spacial score (nSPS) is 12.0. The van der Waals surface area contributed by atoms with Crippen molar-refractivity contribution in [2.45, 2.75) is 6.18 Å². The van der Waals surface area contributed by atoms with Gasteiger partial charge >= 0.3 is 6.18 Å². The number of alkyl halides is 3. The number of fused-ring (bicyclic) bond motifs is 1. The van der Waals surface area contributed by atoms with Crippen molar-refractivity contribution in [2.75, 3.05) is 0 Å². The number of hydrogen-bond acceptors (Lipinski definition) is 4. The van der Waals surface area contributed by atoms with Gasteiger partial charge in [-0.25, -0.2) is 15.0 Å². The second-order valence-corrected chi connectivity index (χ2v) is 4.66. The van der Waals surface area contributed by atoms with Crippen molar-refractivity contribution < 1.29 is 13.2 Å². The minimum Gasteiger partial charge on any atom is -0.335 e. The third kappa shape index (κ3) is 2.42. The van der Waals surface area contributed by atoms with E-state index in [2.05, 4.69) is 19.9 Å². The van der Waals surface area contributed by atoms with Gasteiger partial charge in [0.05, 0.1) is 5.56 Å². The first-order valence-corrected chi connectivity index (χ1v) is 6.11. The van der Waals surface area contributed by atoms with Crippen LogP contribution in [0.15, 0.2) is 24.8 Å². The van der Waals surface area contributed by atoms with E-state index in [1.165, 1.54) is 6.20 Å². The molecule has 0 aliphatic carbocycles. The molecule has 0 saturated carbocycles. The zero-order chi connectivity index (χ0) is 15.2. The first kappa shape index (κ1) is 13.7. The molecule has 3 aromatic rings. The minimum atomic E-state index is -4.46. The average Bonchev–Trinajstić information content (AvgIpc) is 2.75. The number of nitrogens with zero attached hydrogens (tertiary/aromatic N) is 5. The van der Waals surface area contributed by atoms with Crippen molar-refractivity contribution in [1.29, 1.82) is 0 Å². The average molecular weight is 314 g/mol. The Morgan fingerprint density at radius 2 is 1.76 bits per heavy atom. The Morgan fingerprint density at radius 3 is 2.38 bits per heavy atom. The fourth-order valence-corrected chi connectivity index (χ4v) is 2.06. The predicted molar refractivity (Wildman–Crippen MR) is 69.5 cm³/mol. The lowest BCUT2D eigenvalue weighted by molar-refractivity contribution is -0.138. The van der Waals surface area contributed by atoms with E-state index in [4.69, 9.17) is 11.6 Å². The molecule has 0 aliphatic rings. The molecule has 21 heavy (non-hydrogen) atoms. The SMILES string of the molecule is Cn1cc(-c2ncc(C(F)(F)F)cn2)c2cnc(Cl)nc21. The van der Waals surface area contributed by atoms with Crippen LogP contribution in [0.2, 0.25) is 5.28 Å². The summed E-state index contributed by atoms with van der Waals surface area (Å²) in [6.45, 7) is 0. The molecule has 3 rings (SSSR count). The van der Waals surface area contributed by atoms with Crippen LogP contribution in [0.3, 0.4) is 0 Å². The van der Waals surface area contributed by atoms with Crippen molar-refractivity contribution in [1.82, 2.24) is 24.5 Å². The quantitative estimate of drug-likeness (QED) is 0.648. The Labute approximate surface area is 121 Å². The molecule has 0 saturated heterocycles. The fraction of sp³-hybridized carbons (Fsp3) is 0.167. The molecule has 0 fully saturated rings. The molecule has 3 aromatic heterocycles. The number of halogens is 4. The van der Waals surface area contributed by atoms with Gasteiger partial charge in [0.1, 0.15) is 5.65 Å². The molecule has 5 nitrogen and oxygen atoms in total. The topological polar surface area (TPSA) is 56.5 Å². The molecule has 108 valence electrons. The Balaban J connectivity index is 2.13. The Kier molecular flexibility index (Phi) is 3.05. The second-order valence-electron chi connectivity index (χ2n) is 4.32. The molecule has 0 aromatic carbocycles. The molecule has 0 radical (unpaired) electrons. The van der Waals surface area contributed by atoms with E-state index in [0.29, 0.717) is 16.6 Å². The minimum absolute atomic E-state index is 0.0867. The van der Waals surface area contributed by atoms with Gasteiger partial charge in [-0.15, -0.1) is 0 Å². The second kappa shape index (κ2) is 4.66. The molecule has 0 amide bonds. The first-order valence-electron chi connectivity index (χ1n) is 5.73. The van der Waals surface area contributed by atoms with Crippen LogP contribution < -0.4 is 0 Å². The van der Waals surface area contributed by atoms with Crippen LogP contribution >= 0.6 is 11.6 Å². The Bertz CT molecular complexity index is 810. The van der Waals surface area contributed by atoms with Gasteiger partial charge in [-0.3, -0.25) is 0 Å². The number of aromatic nitrogens is 5. The summed E-state index contributed by atoms with van der Waals surface area (Å²) in [5.41, 5.74) is 0.192. The van der Waals surface area contributed by atoms with Crippen molar-refractivity contribution >= 4 is 22.6 Å². The van der Waals surface area contributed by atoms with Crippen LogP contribution in [-0.4, -0.2) is 24.5 Å².